The SMILES string of the molecule is CC(=O)N1CCCN(C(=O)c2ccc(-c3nc4ccccc4s3)s2)CC1. The number of nitrogens with zero attached hydrogens (tertiary/aromatic N) is 3. The average Bonchev–Trinajstić information content (AvgIpc) is 3.21. The minimum Gasteiger partial charge on any atom is -0.341 e. The van der Waals surface area contributed by atoms with Crippen molar-refractivity contribution < 1.29 is 9.59 Å². The van der Waals surface area contributed by atoms with E-state index in [9.17, 15) is 9.59 Å². The molecule has 0 bridgehead atoms. The standard InChI is InChI=1S/C19H19N3O2S2/c1-13(23)21-9-4-10-22(12-11-21)19(24)17-8-7-16(25-17)18-20-14-5-2-3-6-15(14)26-18/h2-3,5-8H,4,9-12H2,1H3. The molecule has 0 N–H and O–H groups in total. The summed E-state index contributed by atoms with van der Waals surface area (Å²) in [6.45, 7) is 4.20. The van der Waals surface area contributed by atoms with Crippen LogP contribution in [0, 0.1) is 0 Å². The maximum atomic E-state index is 12.9. The van der Waals surface area contributed by atoms with Gasteiger partial charge in [-0.15, -0.1) is 22.7 Å². The van der Waals surface area contributed by atoms with Gasteiger partial charge in [-0.1, -0.05) is 12.1 Å². The van der Waals surface area contributed by atoms with Crippen molar-refractivity contribution in [1.82, 2.24) is 14.8 Å². The Labute approximate surface area is 159 Å². The topological polar surface area (TPSA) is 53.5 Å². The number of rotatable bonds is 2. The van der Waals surface area contributed by atoms with Crippen LogP contribution in [0.3, 0.4) is 0 Å². The molecule has 0 aliphatic carbocycles. The van der Waals surface area contributed by atoms with Crippen LogP contribution in [0.1, 0.15) is 23.0 Å². The van der Waals surface area contributed by atoms with E-state index in [4.69, 9.17) is 0 Å². The minimum atomic E-state index is 0.0489. The van der Waals surface area contributed by atoms with Crippen LogP contribution in [0.4, 0.5) is 0 Å². The molecule has 2 amide bonds. The molecule has 1 aliphatic heterocycles. The van der Waals surface area contributed by atoms with Gasteiger partial charge in [-0.2, -0.15) is 0 Å². The molecule has 0 atom stereocenters. The van der Waals surface area contributed by atoms with Gasteiger partial charge in [0, 0.05) is 33.1 Å². The molecule has 5 nitrogen and oxygen atoms in total. The molecule has 0 saturated carbocycles. The van der Waals surface area contributed by atoms with E-state index in [-0.39, 0.29) is 11.8 Å². The lowest BCUT2D eigenvalue weighted by atomic mass is 10.3. The van der Waals surface area contributed by atoms with Gasteiger partial charge in [-0.05, 0) is 30.7 Å². The van der Waals surface area contributed by atoms with Crippen molar-refractivity contribution in [3.05, 3.63) is 41.3 Å². The van der Waals surface area contributed by atoms with Crippen LogP contribution in [0.2, 0.25) is 0 Å². The summed E-state index contributed by atoms with van der Waals surface area (Å²) in [5.41, 5.74) is 0.991. The third-order valence-corrected chi connectivity index (χ3v) is 6.83. The highest BCUT2D eigenvalue weighted by Gasteiger charge is 2.23. The number of hydrogen-bond donors (Lipinski definition) is 0. The summed E-state index contributed by atoms with van der Waals surface area (Å²) < 4.78 is 1.15. The first-order chi connectivity index (χ1) is 12.6. The number of carbonyl (C=O) groups is 2. The fourth-order valence-corrected chi connectivity index (χ4v) is 5.13. The Hall–Kier alpha value is -2.25. The number of thiophene rings is 1. The van der Waals surface area contributed by atoms with E-state index in [1.54, 1.807) is 18.3 Å². The third kappa shape index (κ3) is 3.37. The number of aromatic nitrogens is 1. The number of fused-ring (bicyclic) bond motifs is 1. The first-order valence-corrected chi connectivity index (χ1v) is 10.3. The van der Waals surface area contributed by atoms with E-state index in [0.29, 0.717) is 19.6 Å². The van der Waals surface area contributed by atoms with Crippen LogP contribution in [-0.4, -0.2) is 52.8 Å². The summed E-state index contributed by atoms with van der Waals surface area (Å²) >= 11 is 3.14. The molecular weight excluding hydrogens is 366 g/mol. The molecule has 0 radical (unpaired) electrons. The highest BCUT2D eigenvalue weighted by molar-refractivity contribution is 7.26. The zero-order chi connectivity index (χ0) is 18.1. The Morgan fingerprint density at radius 1 is 0.962 bits per heavy atom. The van der Waals surface area contributed by atoms with Crippen molar-refractivity contribution >= 4 is 44.7 Å². The van der Waals surface area contributed by atoms with Crippen molar-refractivity contribution in [2.45, 2.75) is 13.3 Å². The molecule has 1 fully saturated rings. The van der Waals surface area contributed by atoms with Gasteiger partial charge in [-0.25, -0.2) is 4.98 Å². The lowest BCUT2D eigenvalue weighted by Crippen LogP contribution is -2.36. The normalized spacial score (nSPS) is 15.3. The number of carbonyl (C=O) groups excluding carboxylic acids is 2. The molecule has 7 heteroatoms. The average molecular weight is 386 g/mol. The lowest BCUT2D eigenvalue weighted by Gasteiger charge is -2.20. The minimum absolute atomic E-state index is 0.0489. The number of amides is 2. The Balaban J connectivity index is 1.52. The predicted octanol–water partition coefficient (Wildman–Crippen LogP) is 3.72. The zero-order valence-corrected chi connectivity index (χ0v) is 16.1. The maximum Gasteiger partial charge on any atom is 0.264 e. The van der Waals surface area contributed by atoms with Gasteiger partial charge < -0.3 is 9.80 Å². The molecule has 134 valence electrons. The molecule has 0 spiro atoms. The van der Waals surface area contributed by atoms with Crippen LogP contribution in [0.15, 0.2) is 36.4 Å². The Kier molecular flexibility index (Phi) is 4.74. The molecule has 3 aromatic rings. The molecule has 26 heavy (non-hydrogen) atoms. The number of para-hydroxylation sites is 1. The van der Waals surface area contributed by atoms with E-state index in [1.165, 1.54) is 11.3 Å². The fraction of sp³-hybridized carbons (Fsp3) is 0.316. The van der Waals surface area contributed by atoms with Gasteiger partial charge in [0.05, 0.1) is 20.0 Å². The Morgan fingerprint density at radius 3 is 2.54 bits per heavy atom. The molecule has 0 unspecified atom stereocenters. The molecule has 1 aliphatic rings. The van der Waals surface area contributed by atoms with E-state index < -0.39 is 0 Å². The van der Waals surface area contributed by atoms with Gasteiger partial charge >= 0.3 is 0 Å². The Bertz CT molecular complexity index is 930. The van der Waals surface area contributed by atoms with Gasteiger partial charge in [0.15, 0.2) is 0 Å². The van der Waals surface area contributed by atoms with Crippen LogP contribution >= 0.6 is 22.7 Å². The molecule has 1 aromatic carbocycles. The van der Waals surface area contributed by atoms with Crippen molar-refractivity contribution in [3.63, 3.8) is 0 Å². The van der Waals surface area contributed by atoms with E-state index in [2.05, 4.69) is 11.1 Å². The van der Waals surface area contributed by atoms with Crippen LogP contribution in [0.5, 0.6) is 0 Å². The van der Waals surface area contributed by atoms with Gasteiger partial charge in [0.2, 0.25) is 5.91 Å². The van der Waals surface area contributed by atoms with Crippen LogP contribution in [-0.2, 0) is 4.79 Å². The summed E-state index contributed by atoms with van der Waals surface area (Å²) in [5.74, 6) is 0.126. The van der Waals surface area contributed by atoms with Crippen molar-refractivity contribution in [1.29, 1.82) is 0 Å². The van der Waals surface area contributed by atoms with Gasteiger partial charge in [0.1, 0.15) is 5.01 Å². The second-order valence-corrected chi connectivity index (χ2v) is 8.42. The zero-order valence-electron chi connectivity index (χ0n) is 14.5. The van der Waals surface area contributed by atoms with Crippen molar-refractivity contribution in [2.75, 3.05) is 26.2 Å². The quantitative estimate of drug-likeness (QED) is 0.676. The third-order valence-electron chi connectivity index (χ3n) is 4.55. The number of thiazole rings is 1. The first-order valence-electron chi connectivity index (χ1n) is 8.62. The highest BCUT2D eigenvalue weighted by Crippen LogP contribution is 2.34. The van der Waals surface area contributed by atoms with Gasteiger partial charge in [-0.3, -0.25) is 9.59 Å². The summed E-state index contributed by atoms with van der Waals surface area (Å²) in [5, 5.41) is 0.953. The molecule has 3 heterocycles. The van der Waals surface area contributed by atoms with E-state index in [0.717, 1.165) is 37.9 Å². The van der Waals surface area contributed by atoms with Crippen molar-refractivity contribution in [3.8, 4) is 9.88 Å². The van der Waals surface area contributed by atoms with E-state index in [1.807, 2.05) is 40.1 Å². The maximum absolute atomic E-state index is 12.9. The summed E-state index contributed by atoms with van der Waals surface area (Å²) in [6.07, 6.45) is 0.821. The lowest BCUT2D eigenvalue weighted by molar-refractivity contribution is -0.128. The van der Waals surface area contributed by atoms with Crippen molar-refractivity contribution in [2.24, 2.45) is 0 Å². The number of hydrogen-bond acceptors (Lipinski definition) is 5. The van der Waals surface area contributed by atoms with E-state index >= 15 is 0 Å². The predicted molar refractivity (Wildman–Crippen MR) is 106 cm³/mol. The number of benzene rings is 1. The molecule has 4 rings (SSSR count). The smallest absolute Gasteiger partial charge is 0.264 e. The molecule has 2 aromatic heterocycles. The second-order valence-electron chi connectivity index (χ2n) is 6.30. The largest absolute Gasteiger partial charge is 0.341 e. The molecular formula is C19H19N3O2S2. The highest BCUT2D eigenvalue weighted by atomic mass is 32.1. The van der Waals surface area contributed by atoms with Crippen LogP contribution in [0.25, 0.3) is 20.1 Å². The fourth-order valence-electron chi connectivity index (χ4n) is 3.14. The van der Waals surface area contributed by atoms with Gasteiger partial charge in [0.25, 0.3) is 5.91 Å². The second kappa shape index (κ2) is 7.17. The summed E-state index contributed by atoms with van der Waals surface area (Å²) in [4.78, 5) is 34.5. The summed E-state index contributed by atoms with van der Waals surface area (Å²) in [6, 6.07) is 11.9. The molecule has 1 saturated heterocycles. The monoisotopic (exact) mass is 385 g/mol. The summed E-state index contributed by atoms with van der Waals surface area (Å²) in [7, 11) is 0. The first kappa shape index (κ1) is 17.2. The van der Waals surface area contributed by atoms with Crippen LogP contribution < -0.4 is 0 Å². The Morgan fingerprint density at radius 2 is 1.73 bits per heavy atom.